The molecule has 0 saturated heterocycles. The van der Waals surface area contributed by atoms with Crippen molar-refractivity contribution in [3.05, 3.63) is 52.6 Å². The molecular formula is C11H10ClFN2O. The molecular weight excluding hydrogens is 231 g/mol. The Bertz CT molecular complexity index is 512. The van der Waals surface area contributed by atoms with Gasteiger partial charge >= 0.3 is 0 Å². The molecule has 0 aliphatic rings. The zero-order valence-corrected chi connectivity index (χ0v) is 9.32. The molecule has 3 nitrogen and oxygen atoms in total. The number of aliphatic hydroxyl groups excluding tert-OH is 1. The third-order valence-electron chi connectivity index (χ3n) is 2.29. The first-order chi connectivity index (χ1) is 7.58. The first-order valence-corrected chi connectivity index (χ1v) is 5.07. The summed E-state index contributed by atoms with van der Waals surface area (Å²) in [6.45, 7) is 0. The van der Waals surface area contributed by atoms with Crippen molar-refractivity contribution in [1.82, 2.24) is 9.78 Å². The van der Waals surface area contributed by atoms with Crippen LogP contribution in [-0.4, -0.2) is 14.9 Å². The summed E-state index contributed by atoms with van der Waals surface area (Å²) in [7, 11) is 1.73. The van der Waals surface area contributed by atoms with Gasteiger partial charge in [0.05, 0.1) is 6.20 Å². The fraction of sp³-hybridized carbons (Fsp3) is 0.182. The standard InChI is InChI=1S/C11H10ClFN2O/c1-15-6-7(5-14-15)11(16)9-4-8(12)2-3-10(9)13/h2-6,11,16H,1H3. The molecule has 1 unspecified atom stereocenters. The number of rotatable bonds is 2. The summed E-state index contributed by atoms with van der Waals surface area (Å²) in [5, 5.41) is 14.3. The van der Waals surface area contributed by atoms with Gasteiger partial charge in [0.2, 0.25) is 0 Å². The molecule has 5 heteroatoms. The fourth-order valence-corrected chi connectivity index (χ4v) is 1.67. The summed E-state index contributed by atoms with van der Waals surface area (Å²) >= 11 is 5.75. The van der Waals surface area contributed by atoms with Crippen LogP contribution in [-0.2, 0) is 7.05 Å². The second kappa shape index (κ2) is 4.23. The van der Waals surface area contributed by atoms with E-state index in [0.29, 0.717) is 10.6 Å². The highest BCUT2D eigenvalue weighted by Gasteiger charge is 2.16. The van der Waals surface area contributed by atoms with Crippen molar-refractivity contribution < 1.29 is 9.50 Å². The smallest absolute Gasteiger partial charge is 0.129 e. The van der Waals surface area contributed by atoms with Crippen LogP contribution in [0, 0.1) is 5.82 Å². The second-order valence-corrected chi connectivity index (χ2v) is 3.95. The molecule has 0 saturated carbocycles. The third-order valence-corrected chi connectivity index (χ3v) is 2.53. The van der Waals surface area contributed by atoms with Gasteiger partial charge in [-0.2, -0.15) is 5.10 Å². The first kappa shape index (κ1) is 11.1. The van der Waals surface area contributed by atoms with E-state index >= 15 is 0 Å². The van der Waals surface area contributed by atoms with Gasteiger partial charge in [0.15, 0.2) is 0 Å². The summed E-state index contributed by atoms with van der Waals surface area (Å²) in [4.78, 5) is 0. The summed E-state index contributed by atoms with van der Waals surface area (Å²) in [5.74, 6) is -0.485. The van der Waals surface area contributed by atoms with Crippen molar-refractivity contribution in [2.75, 3.05) is 0 Å². The Balaban J connectivity index is 2.40. The van der Waals surface area contributed by atoms with Crippen LogP contribution in [0.3, 0.4) is 0 Å². The van der Waals surface area contributed by atoms with Crippen molar-refractivity contribution in [2.45, 2.75) is 6.10 Å². The molecule has 16 heavy (non-hydrogen) atoms. The van der Waals surface area contributed by atoms with Gasteiger partial charge in [-0.1, -0.05) is 11.6 Å². The minimum Gasteiger partial charge on any atom is -0.383 e. The molecule has 0 radical (unpaired) electrons. The normalized spacial score (nSPS) is 12.8. The number of aliphatic hydroxyl groups is 1. The van der Waals surface area contributed by atoms with Gasteiger partial charge < -0.3 is 5.11 Å². The Labute approximate surface area is 97.1 Å². The zero-order chi connectivity index (χ0) is 11.7. The lowest BCUT2D eigenvalue weighted by atomic mass is 10.0. The monoisotopic (exact) mass is 240 g/mol. The Morgan fingerprint density at radius 1 is 1.50 bits per heavy atom. The van der Waals surface area contributed by atoms with E-state index in [4.69, 9.17) is 11.6 Å². The number of benzene rings is 1. The van der Waals surface area contributed by atoms with Gasteiger partial charge in [-0.3, -0.25) is 4.68 Å². The number of halogens is 2. The molecule has 0 fully saturated rings. The maximum absolute atomic E-state index is 13.5. The maximum atomic E-state index is 13.5. The van der Waals surface area contributed by atoms with Crippen LogP contribution in [0.5, 0.6) is 0 Å². The molecule has 0 bridgehead atoms. The molecule has 2 rings (SSSR count). The maximum Gasteiger partial charge on any atom is 0.129 e. The number of hydrogen-bond donors (Lipinski definition) is 1. The Morgan fingerprint density at radius 2 is 2.25 bits per heavy atom. The predicted molar refractivity (Wildman–Crippen MR) is 58.7 cm³/mol. The molecule has 1 heterocycles. The average Bonchev–Trinajstić information content (AvgIpc) is 2.67. The van der Waals surface area contributed by atoms with E-state index in [1.807, 2.05) is 0 Å². The van der Waals surface area contributed by atoms with E-state index in [-0.39, 0.29) is 5.56 Å². The number of aryl methyl sites for hydroxylation is 1. The number of hydrogen-bond acceptors (Lipinski definition) is 2. The van der Waals surface area contributed by atoms with Crippen molar-refractivity contribution >= 4 is 11.6 Å². The highest BCUT2D eigenvalue weighted by atomic mass is 35.5. The van der Waals surface area contributed by atoms with Crippen molar-refractivity contribution in [2.24, 2.45) is 7.05 Å². The predicted octanol–water partition coefficient (Wildman–Crippen LogP) is 2.29. The van der Waals surface area contributed by atoms with Gasteiger partial charge in [-0.05, 0) is 18.2 Å². The Hall–Kier alpha value is -1.39. The van der Waals surface area contributed by atoms with Crippen LogP contribution in [0.4, 0.5) is 4.39 Å². The summed E-state index contributed by atoms with van der Waals surface area (Å²) < 4.78 is 15.0. The molecule has 0 aliphatic heterocycles. The van der Waals surface area contributed by atoms with Crippen LogP contribution >= 0.6 is 11.6 Å². The third kappa shape index (κ3) is 2.08. The fourth-order valence-electron chi connectivity index (χ4n) is 1.49. The highest BCUT2D eigenvalue weighted by molar-refractivity contribution is 6.30. The summed E-state index contributed by atoms with van der Waals surface area (Å²) in [6.07, 6.45) is 2.07. The van der Waals surface area contributed by atoms with Crippen molar-refractivity contribution in [1.29, 1.82) is 0 Å². The van der Waals surface area contributed by atoms with E-state index < -0.39 is 11.9 Å². The molecule has 1 aromatic heterocycles. The van der Waals surface area contributed by atoms with Crippen LogP contribution in [0.1, 0.15) is 17.2 Å². The van der Waals surface area contributed by atoms with Crippen LogP contribution in [0.2, 0.25) is 5.02 Å². The van der Waals surface area contributed by atoms with E-state index in [0.717, 1.165) is 0 Å². The van der Waals surface area contributed by atoms with Gasteiger partial charge in [-0.25, -0.2) is 4.39 Å². The molecule has 84 valence electrons. The van der Waals surface area contributed by atoms with Gasteiger partial charge in [0, 0.05) is 29.4 Å². The lowest BCUT2D eigenvalue weighted by molar-refractivity contribution is 0.215. The minimum atomic E-state index is -1.05. The van der Waals surface area contributed by atoms with Gasteiger partial charge in [0.25, 0.3) is 0 Å². The highest BCUT2D eigenvalue weighted by Crippen LogP contribution is 2.26. The summed E-state index contributed by atoms with van der Waals surface area (Å²) in [5.41, 5.74) is 0.684. The lowest BCUT2D eigenvalue weighted by Crippen LogP contribution is -2.01. The van der Waals surface area contributed by atoms with E-state index in [9.17, 15) is 9.50 Å². The van der Waals surface area contributed by atoms with E-state index in [1.165, 1.54) is 24.4 Å². The quantitative estimate of drug-likeness (QED) is 0.875. The molecule has 0 spiro atoms. The van der Waals surface area contributed by atoms with Gasteiger partial charge in [-0.15, -0.1) is 0 Å². The SMILES string of the molecule is Cn1cc(C(O)c2cc(Cl)ccc2F)cn1. The van der Waals surface area contributed by atoms with Crippen LogP contribution in [0.15, 0.2) is 30.6 Å². The number of aromatic nitrogens is 2. The van der Waals surface area contributed by atoms with Crippen molar-refractivity contribution in [3.8, 4) is 0 Å². The molecule has 2 aromatic rings. The molecule has 1 N–H and O–H groups in total. The largest absolute Gasteiger partial charge is 0.383 e. The van der Waals surface area contributed by atoms with E-state index in [1.54, 1.807) is 17.9 Å². The Kier molecular flexibility index (Phi) is 2.94. The average molecular weight is 241 g/mol. The topological polar surface area (TPSA) is 38.0 Å². The molecule has 1 aromatic carbocycles. The zero-order valence-electron chi connectivity index (χ0n) is 8.56. The van der Waals surface area contributed by atoms with E-state index in [2.05, 4.69) is 5.10 Å². The minimum absolute atomic E-state index is 0.153. The van der Waals surface area contributed by atoms with Crippen LogP contribution < -0.4 is 0 Å². The molecule has 0 aliphatic carbocycles. The van der Waals surface area contributed by atoms with Gasteiger partial charge in [0.1, 0.15) is 11.9 Å². The second-order valence-electron chi connectivity index (χ2n) is 3.52. The first-order valence-electron chi connectivity index (χ1n) is 4.69. The number of nitrogens with zero attached hydrogens (tertiary/aromatic N) is 2. The van der Waals surface area contributed by atoms with Crippen molar-refractivity contribution in [3.63, 3.8) is 0 Å². The lowest BCUT2D eigenvalue weighted by Gasteiger charge is -2.10. The van der Waals surface area contributed by atoms with Crippen LogP contribution in [0.25, 0.3) is 0 Å². The summed E-state index contributed by atoms with van der Waals surface area (Å²) in [6, 6.07) is 4.09. The molecule has 1 atom stereocenters. The molecule has 0 amide bonds. The Morgan fingerprint density at radius 3 is 2.88 bits per heavy atom.